The summed E-state index contributed by atoms with van der Waals surface area (Å²) in [7, 11) is 0. The Labute approximate surface area is 134 Å². The van der Waals surface area contributed by atoms with Gasteiger partial charge < -0.3 is 4.57 Å². The van der Waals surface area contributed by atoms with E-state index < -0.39 is 0 Å². The van der Waals surface area contributed by atoms with Gasteiger partial charge in [0.1, 0.15) is 5.82 Å². The van der Waals surface area contributed by atoms with Gasteiger partial charge in [-0.2, -0.15) is 0 Å². The number of aromatic nitrogens is 1. The number of benzene rings is 2. The molecule has 0 saturated carbocycles. The van der Waals surface area contributed by atoms with Gasteiger partial charge in [-0.1, -0.05) is 23.8 Å². The van der Waals surface area contributed by atoms with Crippen molar-refractivity contribution in [3.05, 3.63) is 70.7 Å². The maximum atomic E-state index is 13.1. The summed E-state index contributed by atoms with van der Waals surface area (Å²) in [5.41, 5.74) is 5.34. The fourth-order valence-electron chi connectivity index (χ4n) is 3.59. The molecule has 0 unspecified atom stereocenters. The zero-order valence-electron chi connectivity index (χ0n) is 13.1. The molecule has 1 heterocycles. The second-order valence-electron chi connectivity index (χ2n) is 6.33. The lowest BCUT2D eigenvalue weighted by Crippen LogP contribution is -2.13. The van der Waals surface area contributed by atoms with Crippen molar-refractivity contribution in [3.63, 3.8) is 0 Å². The SMILES string of the molecule is Cc1ccc2c(c1)c1c(n2Cc2ccc(F)cc2)CCCC1=O. The van der Waals surface area contributed by atoms with Gasteiger partial charge in [-0.25, -0.2) is 4.39 Å². The molecule has 0 amide bonds. The number of nitrogens with zero attached hydrogens (tertiary/aromatic N) is 1. The van der Waals surface area contributed by atoms with Crippen LogP contribution in [0.4, 0.5) is 4.39 Å². The number of aryl methyl sites for hydroxylation is 1. The number of Topliss-reactive ketones (excluding diaryl/α,β-unsaturated/α-hetero) is 1. The van der Waals surface area contributed by atoms with Crippen molar-refractivity contribution in [2.24, 2.45) is 0 Å². The third-order valence-corrected chi connectivity index (χ3v) is 4.68. The van der Waals surface area contributed by atoms with Gasteiger partial charge in [-0.3, -0.25) is 4.79 Å². The molecule has 0 spiro atoms. The van der Waals surface area contributed by atoms with Gasteiger partial charge >= 0.3 is 0 Å². The Kier molecular flexibility index (Phi) is 3.29. The fourth-order valence-corrected chi connectivity index (χ4v) is 3.59. The van der Waals surface area contributed by atoms with Crippen LogP contribution in [0.25, 0.3) is 10.9 Å². The first-order valence-electron chi connectivity index (χ1n) is 8.03. The molecule has 0 saturated heterocycles. The lowest BCUT2D eigenvalue weighted by molar-refractivity contribution is 0.0973. The van der Waals surface area contributed by atoms with Crippen molar-refractivity contribution in [2.45, 2.75) is 32.7 Å². The summed E-state index contributed by atoms with van der Waals surface area (Å²) in [5, 5.41) is 1.06. The first-order valence-corrected chi connectivity index (χ1v) is 8.03. The van der Waals surface area contributed by atoms with Crippen LogP contribution in [-0.4, -0.2) is 10.4 Å². The molecule has 4 rings (SSSR count). The Morgan fingerprint density at radius 3 is 2.65 bits per heavy atom. The monoisotopic (exact) mass is 307 g/mol. The number of fused-ring (bicyclic) bond motifs is 3. The average molecular weight is 307 g/mol. The van der Waals surface area contributed by atoms with Crippen LogP contribution in [0.1, 0.15) is 40.0 Å². The second-order valence-corrected chi connectivity index (χ2v) is 6.33. The first kappa shape index (κ1) is 14.2. The van der Waals surface area contributed by atoms with Gasteiger partial charge in [0.2, 0.25) is 0 Å². The van der Waals surface area contributed by atoms with Crippen molar-refractivity contribution >= 4 is 16.7 Å². The zero-order chi connectivity index (χ0) is 16.0. The largest absolute Gasteiger partial charge is 0.339 e. The molecule has 3 heteroatoms. The summed E-state index contributed by atoms with van der Waals surface area (Å²) in [5.74, 6) is 0.0265. The van der Waals surface area contributed by atoms with Gasteiger partial charge in [0.05, 0.1) is 0 Å². The highest BCUT2D eigenvalue weighted by molar-refractivity contribution is 6.10. The van der Waals surface area contributed by atoms with Crippen LogP contribution in [0.15, 0.2) is 42.5 Å². The van der Waals surface area contributed by atoms with E-state index in [1.165, 1.54) is 12.1 Å². The van der Waals surface area contributed by atoms with E-state index in [-0.39, 0.29) is 11.6 Å². The van der Waals surface area contributed by atoms with E-state index in [0.717, 1.165) is 46.1 Å². The van der Waals surface area contributed by atoms with Crippen LogP contribution in [0, 0.1) is 12.7 Å². The Morgan fingerprint density at radius 2 is 1.87 bits per heavy atom. The predicted octanol–water partition coefficient (Wildman–Crippen LogP) is 4.66. The number of hydrogen-bond acceptors (Lipinski definition) is 1. The molecule has 116 valence electrons. The summed E-state index contributed by atoms with van der Waals surface area (Å²) in [6, 6.07) is 12.9. The van der Waals surface area contributed by atoms with E-state index in [1.807, 2.05) is 12.1 Å². The van der Waals surface area contributed by atoms with E-state index >= 15 is 0 Å². The Balaban J connectivity index is 1.91. The normalized spacial score (nSPS) is 14.3. The Morgan fingerprint density at radius 1 is 1.09 bits per heavy atom. The molecule has 1 aromatic heterocycles. The van der Waals surface area contributed by atoms with Crippen LogP contribution < -0.4 is 0 Å². The quantitative estimate of drug-likeness (QED) is 0.675. The highest BCUT2D eigenvalue weighted by atomic mass is 19.1. The lowest BCUT2D eigenvalue weighted by Gasteiger charge is -2.15. The van der Waals surface area contributed by atoms with Crippen molar-refractivity contribution in [1.82, 2.24) is 4.57 Å². The minimum absolute atomic E-state index is 0.223. The number of halogens is 1. The van der Waals surface area contributed by atoms with E-state index in [1.54, 1.807) is 0 Å². The van der Waals surface area contributed by atoms with Gasteiger partial charge in [-0.05, 0) is 49.6 Å². The number of carbonyl (C=O) groups is 1. The van der Waals surface area contributed by atoms with Crippen LogP contribution >= 0.6 is 0 Å². The number of hydrogen-bond donors (Lipinski definition) is 0. The van der Waals surface area contributed by atoms with Gasteiger partial charge in [-0.15, -0.1) is 0 Å². The van der Waals surface area contributed by atoms with Crippen LogP contribution in [0.2, 0.25) is 0 Å². The fraction of sp³-hybridized carbons (Fsp3) is 0.250. The van der Waals surface area contributed by atoms with Crippen LogP contribution in [-0.2, 0) is 13.0 Å². The van der Waals surface area contributed by atoms with E-state index in [9.17, 15) is 9.18 Å². The third kappa shape index (κ3) is 2.37. The molecule has 0 N–H and O–H groups in total. The highest BCUT2D eigenvalue weighted by Crippen LogP contribution is 2.33. The third-order valence-electron chi connectivity index (χ3n) is 4.68. The molecule has 3 aromatic rings. The standard InChI is InChI=1S/C20H18FNO/c1-13-5-10-17-16(11-13)20-18(3-2-4-19(20)23)22(17)12-14-6-8-15(21)9-7-14/h5-11H,2-4,12H2,1H3. The average Bonchev–Trinajstić information content (AvgIpc) is 2.84. The summed E-state index contributed by atoms with van der Waals surface area (Å²) >= 11 is 0. The smallest absolute Gasteiger partial charge is 0.165 e. The van der Waals surface area contributed by atoms with Crippen molar-refractivity contribution in [1.29, 1.82) is 0 Å². The molecule has 2 aromatic carbocycles. The molecule has 1 aliphatic rings. The molecule has 0 aliphatic heterocycles. The predicted molar refractivity (Wildman–Crippen MR) is 89.4 cm³/mol. The summed E-state index contributed by atoms with van der Waals surface area (Å²) in [4.78, 5) is 12.5. The molecule has 0 atom stereocenters. The van der Waals surface area contributed by atoms with E-state index in [4.69, 9.17) is 0 Å². The Hall–Kier alpha value is -2.42. The van der Waals surface area contributed by atoms with Gasteiger partial charge in [0.25, 0.3) is 0 Å². The number of rotatable bonds is 2. The maximum absolute atomic E-state index is 13.1. The van der Waals surface area contributed by atoms with Crippen molar-refractivity contribution in [2.75, 3.05) is 0 Å². The molecule has 1 aliphatic carbocycles. The topological polar surface area (TPSA) is 22.0 Å². The molecule has 0 bridgehead atoms. The summed E-state index contributed by atoms with van der Waals surface area (Å²) in [6.45, 7) is 2.72. The number of carbonyl (C=O) groups excluding carboxylic acids is 1. The second kappa shape index (κ2) is 5.34. The minimum Gasteiger partial charge on any atom is -0.339 e. The molecule has 0 fully saturated rings. The van der Waals surface area contributed by atoms with Crippen LogP contribution in [0.5, 0.6) is 0 Å². The van der Waals surface area contributed by atoms with Crippen molar-refractivity contribution < 1.29 is 9.18 Å². The van der Waals surface area contributed by atoms with Crippen molar-refractivity contribution in [3.8, 4) is 0 Å². The van der Waals surface area contributed by atoms with Gasteiger partial charge in [0, 0.05) is 35.1 Å². The number of ketones is 1. The van der Waals surface area contributed by atoms with Gasteiger partial charge in [0.15, 0.2) is 5.78 Å². The maximum Gasteiger partial charge on any atom is 0.165 e. The molecular formula is C20H18FNO. The zero-order valence-corrected chi connectivity index (χ0v) is 13.1. The molecular weight excluding hydrogens is 289 g/mol. The molecule has 2 nitrogen and oxygen atoms in total. The van der Waals surface area contributed by atoms with Crippen LogP contribution in [0.3, 0.4) is 0 Å². The first-order chi connectivity index (χ1) is 11.1. The lowest BCUT2D eigenvalue weighted by atomic mass is 9.94. The highest BCUT2D eigenvalue weighted by Gasteiger charge is 2.25. The summed E-state index contributed by atoms with van der Waals surface area (Å²) < 4.78 is 15.4. The minimum atomic E-state index is -0.223. The molecule has 0 radical (unpaired) electrons. The molecule has 23 heavy (non-hydrogen) atoms. The summed E-state index contributed by atoms with van der Waals surface area (Å²) in [6.07, 6.45) is 2.47. The van der Waals surface area contributed by atoms with E-state index in [2.05, 4.69) is 29.7 Å². The van der Waals surface area contributed by atoms with E-state index in [0.29, 0.717) is 13.0 Å². The Bertz CT molecular complexity index is 906.